The molecule has 33 heavy (non-hydrogen) atoms. The Morgan fingerprint density at radius 2 is 1.97 bits per heavy atom. The summed E-state index contributed by atoms with van der Waals surface area (Å²) in [5, 5.41) is 8.71. The Bertz CT molecular complexity index is 1210. The average Bonchev–Trinajstić information content (AvgIpc) is 3.00. The van der Waals surface area contributed by atoms with E-state index in [9.17, 15) is 19.5 Å². The number of carboxylic acid groups (broad SMARTS) is 1. The van der Waals surface area contributed by atoms with Crippen LogP contribution in [0.3, 0.4) is 0 Å². The van der Waals surface area contributed by atoms with E-state index in [2.05, 4.69) is 0 Å². The molecule has 1 aromatic carbocycles. The van der Waals surface area contributed by atoms with Crippen LogP contribution in [0.2, 0.25) is 0 Å². The number of benzene rings is 1. The van der Waals surface area contributed by atoms with Crippen LogP contribution >= 0.6 is 11.6 Å². The highest BCUT2D eigenvalue weighted by Gasteiger charge is 2.45. The Kier molecular flexibility index (Phi) is 5.27. The molecular formula is C23H24ClFN2O6. The van der Waals surface area contributed by atoms with Crippen molar-refractivity contribution < 1.29 is 28.6 Å². The van der Waals surface area contributed by atoms with Crippen LogP contribution in [0.25, 0.3) is 10.9 Å². The summed E-state index contributed by atoms with van der Waals surface area (Å²) in [5.74, 6) is -2.17. The quantitative estimate of drug-likeness (QED) is 0.530. The van der Waals surface area contributed by atoms with E-state index < -0.39 is 34.1 Å². The van der Waals surface area contributed by atoms with Crippen LogP contribution in [0.4, 0.5) is 10.1 Å². The first kappa shape index (κ1) is 22.0. The van der Waals surface area contributed by atoms with Gasteiger partial charge in [-0.15, -0.1) is 11.6 Å². The molecule has 2 aromatic rings. The smallest absolute Gasteiger partial charge is 0.341 e. The number of anilines is 1. The molecule has 4 atom stereocenters. The Hall–Kier alpha value is -2.81. The first-order valence-electron chi connectivity index (χ1n) is 11.1. The Morgan fingerprint density at radius 3 is 2.58 bits per heavy atom. The number of fused-ring (bicyclic) bond motifs is 2. The van der Waals surface area contributed by atoms with Gasteiger partial charge in [0.15, 0.2) is 11.6 Å². The first-order valence-corrected chi connectivity index (χ1v) is 11.5. The van der Waals surface area contributed by atoms with Crippen LogP contribution in [0, 0.1) is 5.82 Å². The minimum absolute atomic E-state index is 0.00929. The van der Waals surface area contributed by atoms with Crippen LogP contribution in [0.15, 0.2) is 17.1 Å². The van der Waals surface area contributed by atoms with E-state index in [1.807, 2.05) is 11.8 Å². The van der Waals surface area contributed by atoms with Crippen LogP contribution in [-0.2, 0) is 9.53 Å². The van der Waals surface area contributed by atoms with Crippen LogP contribution in [0.1, 0.15) is 55.9 Å². The molecule has 176 valence electrons. The summed E-state index contributed by atoms with van der Waals surface area (Å²) in [5.41, 5.74) is -0.440. The van der Waals surface area contributed by atoms with Crippen LogP contribution in [-0.4, -0.2) is 51.8 Å². The van der Waals surface area contributed by atoms with Crippen molar-refractivity contribution in [2.45, 2.75) is 69.1 Å². The van der Waals surface area contributed by atoms with Crippen molar-refractivity contribution in [2.75, 3.05) is 11.5 Å². The lowest BCUT2D eigenvalue weighted by molar-refractivity contribution is -0.149. The highest BCUT2D eigenvalue weighted by atomic mass is 35.5. The lowest BCUT2D eigenvalue weighted by Gasteiger charge is -2.41. The second-order valence-corrected chi connectivity index (χ2v) is 9.77. The molecule has 2 bridgehead atoms. The maximum Gasteiger partial charge on any atom is 0.341 e. The maximum absolute atomic E-state index is 15.6. The minimum Gasteiger partial charge on any atom is -0.487 e. The molecule has 3 aliphatic rings. The number of carbonyl (C=O) groups is 2. The topological polar surface area (TPSA) is 98.1 Å². The number of carboxylic acids is 1. The number of hydrogen-bond donors (Lipinski definition) is 1. The lowest BCUT2D eigenvalue weighted by atomic mass is 9.97. The molecule has 0 spiro atoms. The molecule has 3 unspecified atom stereocenters. The Labute approximate surface area is 193 Å². The third-order valence-corrected chi connectivity index (χ3v) is 7.11. The molecule has 3 aliphatic heterocycles. The zero-order chi connectivity index (χ0) is 23.6. The summed E-state index contributed by atoms with van der Waals surface area (Å²) in [7, 11) is 0. The molecule has 0 saturated carbocycles. The van der Waals surface area contributed by atoms with E-state index in [4.69, 9.17) is 21.1 Å². The summed E-state index contributed by atoms with van der Waals surface area (Å²) >= 11 is 5.84. The third kappa shape index (κ3) is 3.44. The molecule has 2 fully saturated rings. The predicted octanol–water partition coefficient (Wildman–Crippen LogP) is 3.46. The number of carbonyl (C=O) groups excluding carboxylic acids is 1. The van der Waals surface area contributed by atoms with Gasteiger partial charge in [-0.3, -0.25) is 9.59 Å². The van der Waals surface area contributed by atoms with E-state index in [-0.39, 0.29) is 47.7 Å². The van der Waals surface area contributed by atoms with Crippen molar-refractivity contribution >= 4 is 40.1 Å². The van der Waals surface area contributed by atoms with Crippen LogP contribution < -0.4 is 15.1 Å². The van der Waals surface area contributed by atoms with Crippen molar-refractivity contribution in [3.63, 3.8) is 0 Å². The normalized spacial score (nSPS) is 26.7. The summed E-state index contributed by atoms with van der Waals surface area (Å²) in [6.07, 6.45) is 3.75. The molecule has 1 N–H and O–H groups in total. The molecule has 4 heterocycles. The molecule has 8 nitrogen and oxygen atoms in total. The van der Waals surface area contributed by atoms with E-state index in [1.165, 1.54) is 6.20 Å². The van der Waals surface area contributed by atoms with Gasteiger partial charge in [0.2, 0.25) is 5.43 Å². The average molecular weight is 479 g/mol. The molecule has 10 heteroatoms. The standard InChI is InChI=1S/C23H24ClFN2O6/c1-10-9-32-21-18-15(20(28)16(22(29)30)8-26(10)18)7-17(25)19(21)27-12-3-4-13(27)6-14(5-12)33-23(31)11(2)24/h7-8,10-14H,3-6,9H2,1-2H3,(H,29,30)/t10-,11?,12?,13?,14?/m0/s1. The van der Waals surface area contributed by atoms with E-state index in [0.29, 0.717) is 18.4 Å². The zero-order valence-corrected chi connectivity index (χ0v) is 19.0. The van der Waals surface area contributed by atoms with Crippen molar-refractivity contribution in [2.24, 2.45) is 0 Å². The maximum atomic E-state index is 15.6. The van der Waals surface area contributed by atoms with Gasteiger partial charge in [-0.1, -0.05) is 0 Å². The van der Waals surface area contributed by atoms with E-state index in [0.717, 1.165) is 18.9 Å². The number of aromatic nitrogens is 1. The number of alkyl halides is 1. The SMILES string of the molecule is CC(Cl)C(=O)OC1CC2CCC(C1)N2c1c(F)cc2c(=O)c(C(=O)O)cn3c2c1OC[C@@H]3C. The minimum atomic E-state index is -1.35. The number of aromatic carboxylic acids is 1. The molecule has 0 amide bonds. The van der Waals surface area contributed by atoms with Gasteiger partial charge in [0, 0.05) is 31.1 Å². The largest absolute Gasteiger partial charge is 0.487 e. The number of halogens is 2. The summed E-state index contributed by atoms with van der Waals surface area (Å²) in [6, 6.07) is 0.784. The number of nitrogens with zero attached hydrogens (tertiary/aromatic N) is 2. The number of ether oxygens (including phenoxy) is 2. The van der Waals surface area contributed by atoms with Gasteiger partial charge in [0.1, 0.15) is 29.3 Å². The number of piperidine rings is 1. The summed E-state index contributed by atoms with van der Waals surface area (Å²) < 4.78 is 28.8. The number of pyridine rings is 1. The van der Waals surface area contributed by atoms with Crippen molar-refractivity contribution in [1.82, 2.24) is 4.57 Å². The summed E-state index contributed by atoms with van der Waals surface area (Å²) in [6.45, 7) is 3.64. The van der Waals surface area contributed by atoms with Gasteiger partial charge in [0.05, 0.1) is 16.9 Å². The molecule has 1 aromatic heterocycles. The van der Waals surface area contributed by atoms with Crippen molar-refractivity contribution in [1.29, 1.82) is 0 Å². The predicted molar refractivity (Wildman–Crippen MR) is 119 cm³/mol. The Balaban J connectivity index is 1.60. The van der Waals surface area contributed by atoms with Crippen molar-refractivity contribution in [3.05, 3.63) is 33.9 Å². The molecule has 5 rings (SSSR count). The van der Waals surface area contributed by atoms with Gasteiger partial charge in [-0.25, -0.2) is 9.18 Å². The number of hydrogen-bond acceptors (Lipinski definition) is 6. The first-order chi connectivity index (χ1) is 15.7. The fourth-order valence-electron chi connectivity index (χ4n) is 5.45. The Morgan fingerprint density at radius 1 is 1.30 bits per heavy atom. The van der Waals surface area contributed by atoms with E-state index in [1.54, 1.807) is 11.5 Å². The number of rotatable bonds is 4. The van der Waals surface area contributed by atoms with Gasteiger partial charge in [0.25, 0.3) is 0 Å². The second kappa shape index (κ2) is 7.90. The lowest BCUT2D eigenvalue weighted by Crippen LogP contribution is -2.47. The third-order valence-electron chi connectivity index (χ3n) is 6.93. The summed E-state index contributed by atoms with van der Waals surface area (Å²) in [4.78, 5) is 38.4. The van der Waals surface area contributed by atoms with Crippen molar-refractivity contribution in [3.8, 4) is 5.75 Å². The zero-order valence-electron chi connectivity index (χ0n) is 18.2. The fraction of sp³-hybridized carbons (Fsp3) is 0.522. The van der Waals surface area contributed by atoms with Crippen LogP contribution in [0.5, 0.6) is 5.75 Å². The van der Waals surface area contributed by atoms with Gasteiger partial charge in [-0.05, 0) is 32.8 Å². The fourth-order valence-corrected chi connectivity index (χ4v) is 5.50. The van der Waals surface area contributed by atoms with Gasteiger partial charge in [-0.2, -0.15) is 0 Å². The molecule has 0 aliphatic carbocycles. The molecule has 2 saturated heterocycles. The highest BCUT2D eigenvalue weighted by Crippen LogP contribution is 2.48. The highest BCUT2D eigenvalue weighted by molar-refractivity contribution is 6.29. The van der Waals surface area contributed by atoms with Gasteiger partial charge >= 0.3 is 11.9 Å². The number of esters is 1. The van der Waals surface area contributed by atoms with Gasteiger partial charge < -0.3 is 24.0 Å². The molecular weight excluding hydrogens is 455 g/mol. The second-order valence-electron chi connectivity index (χ2n) is 9.12. The molecule has 0 radical (unpaired) electrons. The monoisotopic (exact) mass is 478 g/mol. The van der Waals surface area contributed by atoms with E-state index >= 15 is 4.39 Å².